The first kappa shape index (κ1) is 19.1. The van der Waals surface area contributed by atoms with E-state index in [0.29, 0.717) is 12.2 Å². The normalized spacial score (nSPS) is 18.8. The molecule has 6 heteroatoms. The average Bonchev–Trinajstić information content (AvgIpc) is 2.71. The number of nitrogens with zero attached hydrogens (tertiary/aromatic N) is 2. The van der Waals surface area contributed by atoms with Crippen LogP contribution in [0.15, 0.2) is 60.8 Å². The van der Waals surface area contributed by atoms with Crippen LogP contribution in [0, 0.1) is 0 Å². The second-order valence-corrected chi connectivity index (χ2v) is 7.69. The van der Waals surface area contributed by atoms with E-state index in [0.717, 1.165) is 35.1 Å². The number of amides is 2. The lowest BCUT2D eigenvalue weighted by molar-refractivity contribution is -0.136. The van der Waals surface area contributed by atoms with Crippen molar-refractivity contribution in [3.63, 3.8) is 0 Å². The molecule has 2 N–H and O–H groups in total. The summed E-state index contributed by atoms with van der Waals surface area (Å²) in [6, 6.07) is 17.5. The fourth-order valence-corrected chi connectivity index (χ4v) is 3.64. The summed E-state index contributed by atoms with van der Waals surface area (Å²) in [6.07, 6.45) is 2.51. The molecule has 1 unspecified atom stereocenters. The van der Waals surface area contributed by atoms with Crippen LogP contribution in [0.4, 0.5) is 11.4 Å². The third-order valence-corrected chi connectivity index (χ3v) is 5.55. The molecule has 0 bridgehead atoms. The van der Waals surface area contributed by atoms with Gasteiger partial charge in [0.05, 0.1) is 22.9 Å². The zero-order valence-electron chi connectivity index (χ0n) is 16.6. The van der Waals surface area contributed by atoms with Crippen LogP contribution in [0.1, 0.15) is 25.8 Å². The average molecular weight is 388 g/mol. The Balaban J connectivity index is 1.43. The molecule has 0 spiro atoms. The van der Waals surface area contributed by atoms with Crippen molar-refractivity contribution in [2.75, 3.05) is 17.2 Å². The summed E-state index contributed by atoms with van der Waals surface area (Å²) < 4.78 is 0. The number of hydrogen-bond acceptors (Lipinski definition) is 4. The molecule has 0 saturated carbocycles. The summed E-state index contributed by atoms with van der Waals surface area (Å²) in [7, 11) is 0. The highest BCUT2D eigenvalue weighted by Crippen LogP contribution is 2.33. The number of pyridine rings is 1. The predicted octanol–water partition coefficient (Wildman–Crippen LogP) is 3.80. The molecule has 2 heterocycles. The summed E-state index contributed by atoms with van der Waals surface area (Å²) in [5, 5.41) is 6.80. The molecule has 0 radical (unpaired) electrons. The van der Waals surface area contributed by atoms with Gasteiger partial charge in [-0.15, -0.1) is 0 Å². The van der Waals surface area contributed by atoms with Gasteiger partial charge in [0.25, 0.3) is 0 Å². The van der Waals surface area contributed by atoms with Crippen LogP contribution in [-0.4, -0.2) is 33.8 Å². The first-order valence-electron chi connectivity index (χ1n) is 9.72. The minimum atomic E-state index is -0.554. The van der Waals surface area contributed by atoms with Gasteiger partial charge < -0.3 is 10.6 Å². The van der Waals surface area contributed by atoms with Gasteiger partial charge in [-0.05, 0) is 43.2 Å². The van der Waals surface area contributed by atoms with Gasteiger partial charge in [-0.1, -0.05) is 30.3 Å². The molecule has 29 heavy (non-hydrogen) atoms. The monoisotopic (exact) mass is 388 g/mol. The molecule has 148 valence electrons. The Morgan fingerprint density at radius 2 is 1.83 bits per heavy atom. The first-order valence-corrected chi connectivity index (χ1v) is 9.72. The minimum Gasteiger partial charge on any atom is -0.326 e. The van der Waals surface area contributed by atoms with Crippen LogP contribution < -0.4 is 10.6 Å². The number of benzene rings is 2. The van der Waals surface area contributed by atoms with Crippen LogP contribution in [0.5, 0.6) is 0 Å². The standard InChI is InChI=1S/C23H24N4O2/c1-16(28)25-19-9-7-17(8-10-19)15-27-12-11-23(27,2)22(29)26-20-13-18-5-3-4-6-21(18)24-14-20/h3-10,13-14H,11-12,15H2,1-2H3,(H,25,28)(H,26,29). The summed E-state index contributed by atoms with van der Waals surface area (Å²) in [5.41, 5.74) is 2.94. The molecule has 6 nitrogen and oxygen atoms in total. The van der Waals surface area contributed by atoms with E-state index in [9.17, 15) is 9.59 Å². The van der Waals surface area contributed by atoms with Crippen LogP contribution >= 0.6 is 0 Å². The van der Waals surface area contributed by atoms with Gasteiger partial charge in [-0.25, -0.2) is 0 Å². The molecule has 2 aromatic carbocycles. The smallest absolute Gasteiger partial charge is 0.244 e. The summed E-state index contributed by atoms with van der Waals surface area (Å²) in [5.74, 6) is -0.108. The zero-order chi connectivity index (χ0) is 20.4. The van der Waals surface area contributed by atoms with Crippen molar-refractivity contribution in [3.05, 3.63) is 66.4 Å². The topological polar surface area (TPSA) is 74.3 Å². The highest BCUT2D eigenvalue weighted by Gasteiger charge is 2.46. The Kier molecular flexibility index (Phi) is 5.03. The highest BCUT2D eigenvalue weighted by molar-refractivity contribution is 5.99. The summed E-state index contributed by atoms with van der Waals surface area (Å²) in [6.45, 7) is 5.02. The fraction of sp³-hybridized carbons (Fsp3) is 0.261. The van der Waals surface area contributed by atoms with Crippen molar-refractivity contribution in [3.8, 4) is 0 Å². The first-order chi connectivity index (χ1) is 13.9. The van der Waals surface area contributed by atoms with Crippen molar-refractivity contribution >= 4 is 34.1 Å². The third kappa shape index (κ3) is 3.98. The van der Waals surface area contributed by atoms with Gasteiger partial charge in [0.15, 0.2) is 0 Å². The van der Waals surface area contributed by atoms with E-state index < -0.39 is 5.54 Å². The lowest BCUT2D eigenvalue weighted by atomic mass is 9.85. The molecule has 1 aliphatic rings. The molecule has 1 atom stereocenters. The molecular weight excluding hydrogens is 364 g/mol. The number of likely N-dealkylation sites (tertiary alicyclic amines) is 1. The minimum absolute atomic E-state index is 0.0179. The van der Waals surface area contributed by atoms with Crippen molar-refractivity contribution in [2.45, 2.75) is 32.4 Å². The van der Waals surface area contributed by atoms with E-state index in [4.69, 9.17) is 0 Å². The lowest BCUT2D eigenvalue weighted by Crippen LogP contribution is -2.63. The van der Waals surface area contributed by atoms with E-state index in [-0.39, 0.29) is 11.8 Å². The Hall–Kier alpha value is -3.25. The molecular formula is C23H24N4O2. The van der Waals surface area contributed by atoms with Crippen molar-refractivity contribution in [2.24, 2.45) is 0 Å². The van der Waals surface area contributed by atoms with E-state index >= 15 is 0 Å². The summed E-state index contributed by atoms with van der Waals surface area (Å²) >= 11 is 0. The Morgan fingerprint density at radius 1 is 1.07 bits per heavy atom. The number of nitrogens with one attached hydrogen (secondary N) is 2. The van der Waals surface area contributed by atoms with Crippen molar-refractivity contribution in [1.82, 2.24) is 9.88 Å². The number of para-hydroxylation sites is 1. The Morgan fingerprint density at radius 3 is 2.52 bits per heavy atom. The molecule has 4 rings (SSSR count). The van der Waals surface area contributed by atoms with Crippen molar-refractivity contribution in [1.29, 1.82) is 0 Å². The molecule has 3 aromatic rings. The summed E-state index contributed by atoms with van der Waals surface area (Å²) in [4.78, 5) is 30.7. The molecule has 0 aliphatic carbocycles. The van der Waals surface area contributed by atoms with Gasteiger partial charge in [0, 0.05) is 31.1 Å². The lowest BCUT2D eigenvalue weighted by Gasteiger charge is -2.49. The number of anilines is 2. The van der Waals surface area contributed by atoms with E-state index in [2.05, 4.69) is 20.5 Å². The quantitative estimate of drug-likeness (QED) is 0.697. The van der Waals surface area contributed by atoms with Crippen LogP contribution in [-0.2, 0) is 16.1 Å². The Labute approximate surface area is 169 Å². The number of hydrogen-bond donors (Lipinski definition) is 2. The number of rotatable bonds is 5. The maximum Gasteiger partial charge on any atom is 0.244 e. The number of fused-ring (bicyclic) bond motifs is 1. The fourth-order valence-electron chi connectivity index (χ4n) is 3.64. The van der Waals surface area contributed by atoms with E-state index in [1.54, 1.807) is 6.20 Å². The molecule has 1 fully saturated rings. The highest BCUT2D eigenvalue weighted by atomic mass is 16.2. The largest absolute Gasteiger partial charge is 0.326 e. The van der Waals surface area contributed by atoms with Gasteiger partial charge >= 0.3 is 0 Å². The molecule has 1 aromatic heterocycles. The molecule has 2 amide bonds. The van der Waals surface area contributed by atoms with Gasteiger partial charge in [-0.3, -0.25) is 19.5 Å². The molecule has 1 saturated heterocycles. The second kappa shape index (κ2) is 7.64. The predicted molar refractivity (Wildman–Crippen MR) is 115 cm³/mol. The van der Waals surface area contributed by atoms with Gasteiger partial charge in [0.2, 0.25) is 11.8 Å². The van der Waals surface area contributed by atoms with Crippen LogP contribution in [0.2, 0.25) is 0 Å². The van der Waals surface area contributed by atoms with E-state index in [1.165, 1.54) is 6.92 Å². The van der Waals surface area contributed by atoms with Crippen LogP contribution in [0.25, 0.3) is 10.9 Å². The maximum absolute atomic E-state index is 13.0. The molecule has 1 aliphatic heterocycles. The van der Waals surface area contributed by atoms with Crippen LogP contribution in [0.3, 0.4) is 0 Å². The zero-order valence-corrected chi connectivity index (χ0v) is 16.6. The van der Waals surface area contributed by atoms with Gasteiger partial charge in [0.1, 0.15) is 0 Å². The number of carbonyl (C=O) groups is 2. The Bertz CT molecular complexity index is 1060. The van der Waals surface area contributed by atoms with Crippen molar-refractivity contribution < 1.29 is 9.59 Å². The second-order valence-electron chi connectivity index (χ2n) is 7.69. The SMILES string of the molecule is CC(=O)Nc1ccc(CN2CCC2(C)C(=O)Nc2cnc3ccccc3c2)cc1. The number of aromatic nitrogens is 1. The van der Waals surface area contributed by atoms with E-state index in [1.807, 2.05) is 61.5 Å². The third-order valence-electron chi connectivity index (χ3n) is 5.55. The van der Waals surface area contributed by atoms with Gasteiger partial charge in [-0.2, -0.15) is 0 Å². The maximum atomic E-state index is 13.0. The number of carbonyl (C=O) groups excluding carboxylic acids is 2.